The summed E-state index contributed by atoms with van der Waals surface area (Å²) < 4.78 is 0. The van der Waals surface area contributed by atoms with Gasteiger partial charge in [0, 0.05) is 21.7 Å². The summed E-state index contributed by atoms with van der Waals surface area (Å²) in [6.45, 7) is 2.07. The summed E-state index contributed by atoms with van der Waals surface area (Å²) in [6.07, 6.45) is 0.954. The minimum Gasteiger partial charge on any atom is -0.316 e. The molecule has 1 atom stereocenters. The van der Waals surface area contributed by atoms with Gasteiger partial charge in [-0.3, -0.25) is 0 Å². The molecule has 0 bridgehead atoms. The van der Waals surface area contributed by atoms with Crippen molar-refractivity contribution < 1.29 is 0 Å². The van der Waals surface area contributed by atoms with Crippen LogP contribution in [0.2, 0.25) is 5.02 Å². The highest BCUT2D eigenvalue weighted by Gasteiger charge is 2.10. The number of aryl methyl sites for hydroxylation is 1. The Morgan fingerprint density at radius 2 is 1.90 bits per heavy atom. The maximum Gasteiger partial charge on any atom is 0.0441 e. The van der Waals surface area contributed by atoms with E-state index in [1.165, 1.54) is 16.0 Å². The van der Waals surface area contributed by atoms with E-state index in [4.69, 9.17) is 11.6 Å². The molecule has 3 heteroatoms. The highest BCUT2D eigenvalue weighted by atomic mass is 35.5. The average molecular weight is 306 g/mol. The van der Waals surface area contributed by atoms with Crippen LogP contribution in [0, 0.1) is 6.92 Å². The first kappa shape index (κ1) is 15.4. The van der Waals surface area contributed by atoms with Gasteiger partial charge in [0.15, 0.2) is 0 Å². The number of nitrogens with one attached hydrogen (secondary N) is 1. The Bertz CT molecular complexity index is 542. The van der Waals surface area contributed by atoms with Crippen LogP contribution in [0.4, 0.5) is 0 Å². The number of benzene rings is 2. The largest absolute Gasteiger partial charge is 0.316 e. The molecule has 0 aliphatic heterocycles. The van der Waals surface area contributed by atoms with Crippen LogP contribution in [-0.4, -0.2) is 18.8 Å². The molecule has 106 valence electrons. The highest BCUT2D eigenvalue weighted by Crippen LogP contribution is 2.22. The lowest BCUT2D eigenvalue weighted by molar-refractivity contribution is 0.617. The Balaban J connectivity index is 1.95. The molecule has 1 N–H and O–H groups in total. The van der Waals surface area contributed by atoms with Gasteiger partial charge < -0.3 is 5.32 Å². The van der Waals surface area contributed by atoms with Gasteiger partial charge in [0.25, 0.3) is 0 Å². The van der Waals surface area contributed by atoms with Gasteiger partial charge in [-0.05, 0) is 49.7 Å². The molecule has 20 heavy (non-hydrogen) atoms. The van der Waals surface area contributed by atoms with Crippen LogP contribution in [0.5, 0.6) is 0 Å². The van der Waals surface area contributed by atoms with Crippen molar-refractivity contribution in [2.24, 2.45) is 0 Å². The average Bonchev–Trinajstić information content (AvgIpc) is 2.46. The maximum absolute atomic E-state index is 6.31. The monoisotopic (exact) mass is 305 g/mol. The van der Waals surface area contributed by atoms with E-state index in [1.807, 2.05) is 30.9 Å². The predicted octanol–water partition coefficient (Wildman–Crippen LogP) is 4.57. The van der Waals surface area contributed by atoms with Crippen LogP contribution >= 0.6 is 23.4 Å². The number of thioether (sulfide) groups is 1. The lowest BCUT2D eigenvalue weighted by Gasteiger charge is -2.17. The van der Waals surface area contributed by atoms with Crippen LogP contribution in [0.25, 0.3) is 0 Å². The third kappa shape index (κ3) is 4.55. The van der Waals surface area contributed by atoms with E-state index in [-0.39, 0.29) is 0 Å². The maximum atomic E-state index is 6.31. The molecule has 0 aromatic heterocycles. The molecule has 0 aliphatic carbocycles. The number of rotatable bonds is 6. The summed E-state index contributed by atoms with van der Waals surface area (Å²) in [5.74, 6) is 1.03. The van der Waals surface area contributed by atoms with Crippen molar-refractivity contribution in [3.63, 3.8) is 0 Å². The summed E-state index contributed by atoms with van der Waals surface area (Å²) in [5, 5.41) is 4.25. The quantitative estimate of drug-likeness (QED) is 0.785. The third-order valence-corrected chi connectivity index (χ3v) is 4.80. The molecular weight excluding hydrogens is 286 g/mol. The summed E-state index contributed by atoms with van der Waals surface area (Å²) in [4.78, 5) is 1.31. The summed E-state index contributed by atoms with van der Waals surface area (Å²) in [7, 11) is 2.01. The molecule has 0 radical (unpaired) electrons. The van der Waals surface area contributed by atoms with Crippen LogP contribution in [-0.2, 0) is 6.42 Å². The smallest absolute Gasteiger partial charge is 0.0441 e. The summed E-state index contributed by atoms with van der Waals surface area (Å²) in [6, 6.07) is 17.2. The number of halogens is 1. The molecule has 0 fully saturated rings. The molecule has 2 aromatic rings. The van der Waals surface area contributed by atoms with E-state index in [0.717, 1.165) is 17.2 Å². The minimum absolute atomic E-state index is 0.417. The van der Waals surface area contributed by atoms with Crippen molar-refractivity contribution >= 4 is 23.4 Å². The van der Waals surface area contributed by atoms with Crippen molar-refractivity contribution in [3.8, 4) is 0 Å². The van der Waals surface area contributed by atoms with Crippen LogP contribution in [0.3, 0.4) is 0 Å². The second-order valence-electron chi connectivity index (χ2n) is 4.91. The van der Waals surface area contributed by atoms with Gasteiger partial charge in [-0.2, -0.15) is 0 Å². The molecule has 0 saturated heterocycles. The lowest BCUT2D eigenvalue weighted by atomic mass is 10.1. The van der Waals surface area contributed by atoms with Gasteiger partial charge in [-0.1, -0.05) is 41.9 Å². The van der Waals surface area contributed by atoms with Crippen molar-refractivity contribution in [2.45, 2.75) is 24.3 Å². The van der Waals surface area contributed by atoms with Crippen molar-refractivity contribution in [3.05, 3.63) is 64.7 Å². The third-order valence-electron chi connectivity index (χ3n) is 3.28. The lowest BCUT2D eigenvalue weighted by Crippen LogP contribution is -2.30. The fraction of sp³-hybridized carbons (Fsp3) is 0.294. The summed E-state index contributed by atoms with van der Waals surface area (Å²) >= 11 is 8.19. The SMILES string of the molecule is CNC(CSc1ccccc1)Cc1ccc(C)cc1Cl. The van der Waals surface area contributed by atoms with Gasteiger partial charge in [-0.15, -0.1) is 11.8 Å². The number of hydrogen-bond acceptors (Lipinski definition) is 2. The molecule has 0 aliphatic rings. The summed E-state index contributed by atoms with van der Waals surface area (Å²) in [5.41, 5.74) is 2.42. The zero-order valence-electron chi connectivity index (χ0n) is 11.9. The molecule has 0 amide bonds. The molecule has 0 saturated carbocycles. The molecule has 0 spiro atoms. The topological polar surface area (TPSA) is 12.0 Å². The molecule has 1 nitrogen and oxygen atoms in total. The molecule has 1 unspecified atom stereocenters. The Morgan fingerprint density at radius 3 is 2.55 bits per heavy atom. The Labute approximate surface area is 130 Å². The van der Waals surface area contributed by atoms with Crippen LogP contribution < -0.4 is 5.32 Å². The van der Waals surface area contributed by atoms with E-state index in [2.05, 4.69) is 48.6 Å². The van der Waals surface area contributed by atoms with Crippen molar-refractivity contribution in [2.75, 3.05) is 12.8 Å². The normalized spacial score (nSPS) is 12.3. The minimum atomic E-state index is 0.417. The Morgan fingerprint density at radius 1 is 1.15 bits per heavy atom. The Kier molecular flexibility index (Phi) is 5.96. The van der Waals surface area contributed by atoms with Crippen LogP contribution in [0.15, 0.2) is 53.4 Å². The highest BCUT2D eigenvalue weighted by molar-refractivity contribution is 7.99. The zero-order valence-corrected chi connectivity index (χ0v) is 13.5. The van der Waals surface area contributed by atoms with Gasteiger partial charge in [0.05, 0.1) is 0 Å². The molecule has 0 heterocycles. The first-order chi connectivity index (χ1) is 9.69. The first-order valence-corrected chi connectivity index (χ1v) is 8.15. The van der Waals surface area contributed by atoms with Crippen molar-refractivity contribution in [1.82, 2.24) is 5.32 Å². The predicted molar refractivity (Wildman–Crippen MR) is 89.9 cm³/mol. The second kappa shape index (κ2) is 7.72. The van der Waals surface area contributed by atoms with E-state index < -0.39 is 0 Å². The molecular formula is C17H20ClNS. The van der Waals surface area contributed by atoms with Gasteiger partial charge in [-0.25, -0.2) is 0 Å². The molecule has 2 rings (SSSR count). The zero-order chi connectivity index (χ0) is 14.4. The number of hydrogen-bond donors (Lipinski definition) is 1. The van der Waals surface area contributed by atoms with E-state index in [0.29, 0.717) is 6.04 Å². The van der Waals surface area contributed by atoms with Gasteiger partial charge >= 0.3 is 0 Å². The van der Waals surface area contributed by atoms with E-state index >= 15 is 0 Å². The van der Waals surface area contributed by atoms with Crippen LogP contribution in [0.1, 0.15) is 11.1 Å². The van der Waals surface area contributed by atoms with E-state index in [9.17, 15) is 0 Å². The van der Waals surface area contributed by atoms with Gasteiger partial charge in [0.2, 0.25) is 0 Å². The first-order valence-electron chi connectivity index (χ1n) is 6.79. The van der Waals surface area contributed by atoms with E-state index in [1.54, 1.807) is 0 Å². The second-order valence-corrected chi connectivity index (χ2v) is 6.41. The Hall–Kier alpha value is -0.960. The fourth-order valence-electron chi connectivity index (χ4n) is 2.04. The standard InChI is InChI=1S/C17H20ClNS/c1-13-8-9-14(17(18)10-13)11-15(19-2)12-20-16-6-4-3-5-7-16/h3-10,15,19H,11-12H2,1-2H3. The molecule has 2 aromatic carbocycles. The van der Waals surface area contributed by atoms with Gasteiger partial charge in [0.1, 0.15) is 0 Å². The fourth-order valence-corrected chi connectivity index (χ4v) is 3.38. The van der Waals surface area contributed by atoms with Crippen molar-refractivity contribution in [1.29, 1.82) is 0 Å². The number of likely N-dealkylation sites (N-methyl/N-ethyl adjacent to an activating group) is 1.